The lowest BCUT2D eigenvalue weighted by molar-refractivity contribution is -0.196. The number of allylic oxidation sites excluding steroid dienone is 3. The molecule has 5 saturated carbocycles. The first kappa shape index (κ1) is 53.4. The third-order valence-electron chi connectivity index (χ3n) is 21.9. The van der Waals surface area contributed by atoms with Crippen molar-refractivity contribution in [3.8, 4) is 11.8 Å². The number of aromatic amines is 1. The Morgan fingerprint density at radius 3 is 2.46 bits per heavy atom. The largest absolute Gasteiger partial charge is 0.465 e. The summed E-state index contributed by atoms with van der Waals surface area (Å²) in [5.41, 5.74) is 9.09. The topological polar surface area (TPSA) is 274 Å². The maximum Gasteiger partial charge on any atom is 0.313 e. The van der Waals surface area contributed by atoms with Crippen LogP contribution >= 0.6 is 0 Å². The average Bonchev–Trinajstić information content (AvgIpc) is 4.19. The van der Waals surface area contributed by atoms with Crippen LogP contribution in [0.3, 0.4) is 0 Å². The van der Waals surface area contributed by atoms with E-state index in [1.165, 1.54) is 12.5 Å². The van der Waals surface area contributed by atoms with Gasteiger partial charge in [0.15, 0.2) is 17.5 Å². The second-order valence-electron chi connectivity index (χ2n) is 25.5. The van der Waals surface area contributed by atoms with Crippen LogP contribution in [0.25, 0.3) is 0 Å². The van der Waals surface area contributed by atoms with Crippen molar-refractivity contribution in [2.75, 3.05) is 19.8 Å². The van der Waals surface area contributed by atoms with Crippen LogP contribution in [0.4, 0.5) is 0 Å². The number of nitrogens with one attached hydrogen (secondary N) is 2. The van der Waals surface area contributed by atoms with Gasteiger partial charge in [-0.3, -0.25) is 19.4 Å². The van der Waals surface area contributed by atoms with E-state index in [-0.39, 0.29) is 111 Å². The van der Waals surface area contributed by atoms with E-state index in [2.05, 4.69) is 47.1 Å². The zero-order chi connectivity index (χ0) is 52.6. The van der Waals surface area contributed by atoms with Crippen LogP contribution in [-0.2, 0) is 19.1 Å². The van der Waals surface area contributed by atoms with E-state index in [4.69, 9.17) is 16.2 Å². The summed E-state index contributed by atoms with van der Waals surface area (Å²) in [5.74, 6) is 3.92. The van der Waals surface area contributed by atoms with Crippen molar-refractivity contribution in [2.45, 2.75) is 178 Å². The Kier molecular flexibility index (Phi) is 14.7. The lowest BCUT2D eigenvalue weighted by Crippen LogP contribution is -2.67. The molecule has 8 aliphatic carbocycles. The molecule has 0 amide bonds. The Morgan fingerprint density at radius 1 is 0.986 bits per heavy atom. The number of hydrogen-bond acceptors (Lipinski definition) is 12. The van der Waals surface area contributed by atoms with Gasteiger partial charge in [0.05, 0.1) is 54.3 Å². The van der Waals surface area contributed by atoms with Crippen molar-refractivity contribution in [3.05, 3.63) is 46.9 Å². The number of nitrogens with two attached hydrogens (primary N) is 2. The van der Waals surface area contributed by atoms with Gasteiger partial charge in [0.1, 0.15) is 6.04 Å². The first-order valence-electron chi connectivity index (χ1n) is 28.4. The Bertz CT molecular complexity index is 2450. The minimum Gasteiger partial charge on any atom is -0.465 e. The highest BCUT2D eigenvalue weighted by Crippen LogP contribution is 2.74. The van der Waals surface area contributed by atoms with E-state index < -0.39 is 88.4 Å². The Morgan fingerprint density at radius 2 is 1.76 bits per heavy atom. The van der Waals surface area contributed by atoms with Crippen LogP contribution in [0, 0.1) is 93.7 Å². The van der Waals surface area contributed by atoms with Gasteiger partial charge in [-0.2, -0.15) is 0 Å². The second kappa shape index (κ2) is 20.4. The molecule has 406 valence electrons. The summed E-state index contributed by atoms with van der Waals surface area (Å²) in [6.07, 6.45) is 12.7. The predicted molar refractivity (Wildman–Crippen MR) is 278 cm³/mol. The van der Waals surface area contributed by atoms with Gasteiger partial charge in [-0.15, -0.1) is 5.92 Å². The van der Waals surface area contributed by atoms with Crippen molar-refractivity contribution in [1.82, 2.24) is 10.3 Å². The van der Waals surface area contributed by atoms with Crippen LogP contribution in [0.15, 0.2) is 46.4 Å². The normalized spacial score (nSPS) is 44.7. The lowest BCUT2D eigenvalue weighted by Gasteiger charge is -2.64. The van der Waals surface area contributed by atoms with Gasteiger partial charge in [-0.1, -0.05) is 44.3 Å². The summed E-state index contributed by atoms with van der Waals surface area (Å²) in [4.78, 5) is 50.5. The molecule has 10 rings (SSSR count). The Labute approximate surface area is 437 Å². The van der Waals surface area contributed by atoms with Crippen LogP contribution in [0.5, 0.6) is 0 Å². The molecule has 0 bridgehead atoms. The number of guanidine groups is 1. The minimum atomic E-state index is -1.89. The molecule has 20 atom stereocenters. The summed E-state index contributed by atoms with van der Waals surface area (Å²) in [7, 11) is 0. The molecule has 12 N–H and O–H groups in total. The summed E-state index contributed by atoms with van der Waals surface area (Å²) in [5, 5.41) is 78.3. The lowest BCUT2D eigenvalue weighted by atomic mass is 9.41. The average molecular weight is 1020 g/mol. The molecular weight excluding hydrogens is 939 g/mol. The third kappa shape index (κ3) is 8.72. The molecule has 15 heteroatoms. The van der Waals surface area contributed by atoms with E-state index in [1.807, 2.05) is 18.5 Å². The van der Waals surface area contributed by atoms with Crippen molar-refractivity contribution in [3.63, 3.8) is 0 Å². The summed E-state index contributed by atoms with van der Waals surface area (Å²) < 4.78 is 5.93. The molecule has 2 heterocycles. The number of rotatable bonds is 10. The number of cyclic esters (lactones) is 1. The number of ketones is 2. The number of aliphatic imine (C=N–C) groups is 1. The first-order chi connectivity index (χ1) is 35.3. The molecule has 1 saturated heterocycles. The monoisotopic (exact) mass is 1020 g/mol. The first-order valence-corrected chi connectivity index (χ1v) is 28.4. The standard InChI is InChI=1S/C59H85N5O10/c1-31-12-13-34-14-15-39-32(2)23-48(69)56(4,72)53-36(9-7-8-35(24-41(39)40(34)22-31)42-30-74-54(71)49(42)37-17-20-62-28-37)26-59(73)50-43(16-18-57(53,59)19-21-63-55(60)61)58(38-10-5-6-11-38)27-47(68)46(67)25-44(58)52(70)51(50)64-45(29-65)33(3)66/h14,17,20,28,31-32,35-36,38-49,53,62,64-65,67-69,72-73H,5-6,9-13,15-16,18-19,21-27,29-30H2,1-4H3,(H4,60,61,63). The van der Waals surface area contributed by atoms with Crippen LogP contribution in [-0.4, -0.2) is 114 Å². The number of H-pyrrole nitrogens is 1. The van der Waals surface area contributed by atoms with Gasteiger partial charge in [-0.05, 0) is 174 Å². The number of carbonyl (C=O) groups excluding carboxylic acids is 3. The van der Waals surface area contributed by atoms with Gasteiger partial charge in [-0.25, -0.2) is 0 Å². The molecule has 1 aromatic rings. The number of carbonyl (C=O) groups is 3. The summed E-state index contributed by atoms with van der Waals surface area (Å²) >= 11 is 0. The molecule has 20 unspecified atom stereocenters. The SMILES string of the molecule is CC(=O)C(CO)NC1=C2C(CCC3(CCN=C(N)N)C4C(CC#CC(C5COC(=O)C5c5cc[nH]c5)CC5C6CC(C)CCC6=CCC5C(C)CC(O)C4(C)O)CC23O)C2(C3CCCC3)CC(O)C(O)CC2C1=O. The number of aromatic nitrogens is 1. The van der Waals surface area contributed by atoms with Crippen molar-refractivity contribution in [1.29, 1.82) is 0 Å². The predicted octanol–water partition coefficient (Wildman–Crippen LogP) is 4.93. The zero-order valence-corrected chi connectivity index (χ0v) is 44.2. The van der Waals surface area contributed by atoms with Crippen LogP contribution in [0.2, 0.25) is 0 Å². The van der Waals surface area contributed by atoms with E-state index >= 15 is 4.79 Å². The number of Topliss-reactive ketones (excluding diaryl/α,β-unsaturated/α-hetero) is 2. The second-order valence-corrected chi connectivity index (χ2v) is 25.5. The molecule has 74 heavy (non-hydrogen) atoms. The van der Waals surface area contributed by atoms with Gasteiger partial charge in [0.25, 0.3) is 0 Å². The molecule has 9 aliphatic rings. The van der Waals surface area contributed by atoms with Crippen molar-refractivity contribution in [2.24, 2.45) is 98.3 Å². The highest BCUT2D eigenvalue weighted by molar-refractivity contribution is 6.01. The fourth-order valence-electron chi connectivity index (χ4n) is 18.6. The molecule has 0 spiro atoms. The van der Waals surface area contributed by atoms with Crippen molar-refractivity contribution < 1.29 is 49.8 Å². The number of ether oxygens (including phenoxy) is 1. The summed E-state index contributed by atoms with van der Waals surface area (Å²) in [6.45, 7) is 7.30. The number of fused-ring (bicyclic) bond motifs is 10. The summed E-state index contributed by atoms with van der Waals surface area (Å²) in [6, 6.07) is 0.765. The number of esters is 1. The number of nitrogens with zero attached hydrogens (tertiary/aromatic N) is 1. The smallest absolute Gasteiger partial charge is 0.313 e. The van der Waals surface area contributed by atoms with Gasteiger partial charge >= 0.3 is 5.97 Å². The molecule has 0 radical (unpaired) electrons. The van der Waals surface area contributed by atoms with E-state index in [1.54, 1.807) is 6.92 Å². The van der Waals surface area contributed by atoms with E-state index in [9.17, 15) is 40.2 Å². The van der Waals surface area contributed by atoms with E-state index in [0.29, 0.717) is 30.3 Å². The molecule has 6 fully saturated rings. The van der Waals surface area contributed by atoms with Gasteiger partial charge in [0, 0.05) is 54.4 Å². The fraction of sp³-hybridized carbons (Fsp3) is 0.763. The number of aliphatic hydroxyl groups is 6. The molecule has 15 nitrogen and oxygen atoms in total. The zero-order valence-electron chi connectivity index (χ0n) is 44.2. The Hall–Kier alpha value is -4.04. The maximum atomic E-state index is 15.8. The van der Waals surface area contributed by atoms with Crippen LogP contribution in [0.1, 0.15) is 148 Å². The van der Waals surface area contributed by atoms with Crippen LogP contribution < -0.4 is 16.8 Å². The number of aliphatic hydroxyl groups excluding tert-OH is 4. The third-order valence-corrected chi connectivity index (χ3v) is 21.9. The minimum absolute atomic E-state index is 0.00000570. The fourth-order valence-corrected chi connectivity index (χ4v) is 18.6. The molecule has 1 aromatic heterocycles. The van der Waals surface area contributed by atoms with Gasteiger partial charge < -0.3 is 57.1 Å². The molecular formula is C59H85N5O10. The van der Waals surface area contributed by atoms with Gasteiger partial charge in [0.2, 0.25) is 0 Å². The number of hydrogen-bond donors (Lipinski definition) is 10. The van der Waals surface area contributed by atoms with E-state index in [0.717, 1.165) is 63.4 Å². The van der Waals surface area contributed by atoms with Crippen molar-refractivity contribution >= 4 is 23.5 Å². The molecule has 1 aliphatic heterocycles. The highest BCUT2D eigenvalue weighted by Gasteiger charge is 2.75. The quantitative estimate of drug-likeness (QED) is 0.0490. The maximum absolute atomic E-state index is 15.8. The Balaban J connectivity index is 1.16. The highest BCUT2D eigenvalue weighted by atomic mass is 16.5. The molecule has 0 aromatic carbocycles.